The van der Waals surface area contributed by atoms with Gasteiger partial charge in [0.1, 0.15) is 0 Å². The first-order valence-corrected chi connectivity index (χ1v) is 7.40. The second kappa shape index (κ2) is 9.82. The molecule has 3 atom stereocenters. The lowest BCUT2D eigenvalue weighted by Crippen LogP contribution is -2.57. The normalized spacial score (nSPS) is 24.3. The largest absolute Gasteiger partial charge is 0.466 e. The average molecular weight is 335 g/mol. The third kappa shape index (κ3) is 5.59. The Bertz CT molecular complexity index is 410. The molecule has 1 rings (SSSR count). The Morgan fingerprint density at radius 1 is 1.41 bits per heavy atom. The van der Waals surface area contributed by atoms with E-state index in [-0.39, 0.29) is 36.5 Å². The van der Waals surface area contributed by atoms with Crippen LogP contribution < -0.4 is 11.1 Å². The maximum Gasteiger partial charge on any atom is 0.333 e. The molecule has 0 aromatic carbocycles. The van der Waals surface area contributed by atoms with Gasteiger partial charge in [-0.15, -0.1) is 12.4 Å². The summed E-state index contributed by atoms with van der Waals surface area (Å²) >= 11 is 0. The molecule has 0 unspecified atom stereocenters. The topological polar surface area (TPSA) is 90.7 Å². The number of hydrogen-bond acceptors (Lipinski definition) is 5. The molecule has 128 valence electrons. The monoisotopic (exact) mass is 334 g/mol. The SMILES string of the molecule is CCC(CC)O[C@@H]1C=C(C(=O)OC)C[C@H](N)[C@H]1NC(C)=O.Cl. The quantitative estimate of drug-likeness (QED) is 0.715. The summed E-state index contributed by atoms with van der Waals surface area (Å²) in [6.07, 6.45) is 3.45. The molecular weight excluding hydrogens is 308 g/mol. The van der Waals surface area contributed by atoms with Crippen molar-refractivity contribution in [2.75, 3.05) is 7.11 Å². The second-order valence-corrected chi connectivity index (χ2v) is 5.32. The van der Waals surface area contributed by atoms with Crippen molar-refractivity contribution in [3.63, 3.8) is 0 Å². The van der Waals surface area contributed by atoms with Crippen LogP contribution in [0.1, 0.15) is 40.0 Å². The van der Waals surface area contributed by atoms with E-state index in [4.69, 9.17) is 15.2 Å². The predicted octanol–water partition coefficient (Wildman–Crippen LogP) is 1.32. The predicted molar refractivity (Wildman–Crippen MR) is 86.8 cm³/mol. The number of methoxy groups -OCH3 is 1. The van der Waals surface area contributed by atoms with Crippen LogP contribution in [-0.4, -0.2) is 43.3 Å². The Balaban J connectivity index is 0.00000441. The second-order valence-electron chi connectivity index (χ2n) is 5.32. The molecule has 0 bridgehead atoms. The van der Waals surface area contributed by atoms with Crippen LogP contribution in [0.3, 0.4) is 0 Å². The first-order valence-electron chi connectivity index (χ1n) is 7.40. The molecule has 0 heterocycles. The highest BCUT2D eigenvalue weighted by Crippen LogP contribution is 2.23. The Kier molecular flexibility index (Phi) is 9.32. The number of nitrogens with two attached hydrogens (primary N) is 1. The molecule has 0 spiro atoms. The highest BCUT2D eigenvalue weighted by molar-refractivity contribution is 5.89. The number of ether oxygens (including phenoxy) is 2. The van der Waals surface area contributed by atoms with Crippen molar-refractivity contribution in [1.82, 2.24) is 5.32 Å². The molecule has 0 aromatic heterocycles. The van der Waals surface area contributed by atoms with Crippen molar-refractivity contribution >= 4 is 24.3 Å². The highest BCUT2D eigenvalue weighted by atomic mass is 35.5. The van der Waals surface area contributed by atoms with Gasteiger partial charge in [-0.25, -0.2) is 4.79 Å². The lowest BCUT2D eigenvalue weighted by molar-refractivity contribution is -0.136. The first-order chi connectivity index (χ1) is 9.92. The summed E-state index contributed by atoms with van der Waals surface area (Å²) in [5, 5.41) is 2.83. The Labute approximate surface area is 138 Å². The fourth-order valence-electron chi connectivity index (χ4n) is 2.53. The van der Waals surface area contributed by atoms with Gasteiger partial charge in [0.25, 0.3) is 0 Å². The minimum absolute atomic E-state index is 0. The third-order valence-electron chi connectivity index (χ3n) is 3.71. The molecule has 0 aliphatic heterocycles. The minimum Gasteiger partial charge on any atom is -0.466 e. The molecular formula is C15H27ClN2O4. The van der Waals surface area contributed by atoms with E-state index in [2.05, 4.69) is 5.32 Å². The van der Waals surface area contributed by atoms with Gasteiger partial charge in [-0.2, -0.15) is 0 Å². The molecule has 7 heteroatoms. The number of amides is 1. The Morgan fingerprint density at radius 3 is 2.45 bits per heavy atom. The number of esters is 1. The number of carbonyl (C=O) groups is 2. The highest BCUT2D eigenvalue weighted by Gasteiger charge is 2.35. The summed E-state index contributed by atoms with van der Waals surface area (Å²) in [5.74, 6) is -0.562. The number of nitrogens with one attached hydrogen (secondary N) is 1. The lowest BCUT2D eigenvalue weighted by Gasteiger charge is -2.36. The smallest absolute Gasteiger partial charge is 0.333 e. The van der Waals surface area contributed by atoms with Crippen LogP contribution in [0, 0.1) is 0 Å². The van der Waals surface area contributed by atoms with E-state index in [1.165, 1.54) is 14.0 Å². The van der Waals surface area contributed by atoms with Gasteiger partial charge in [0.05, 0.1) is 25.4 Å². The van der Waals surface area contributed by atoms with Gasteiger partial charge in [-0.1, -0.05) is 13.8 Å². The standard InChI is InChI=1S/C15H26N2O4.ClH/c1-5-11(6-2)21-13-8-10(15(19)20-4)7-12(16)14(13)17-9(3)18;/h8,11-14H,5-7,16H2,1-4H3,(H,17,18);1H/t12-,13+,14+;/m0./s1. The van der Waals surface area contributed by atoms with E-state index in [0.717, 1.165) is 12.8 Å². The zero-order valence-electron chi connectivity index (χ0n) is 13.6. The molecule has 0 saturated carbocycles. The van der Waals surface area contributed by atoms with E-state index in [9.17, 15) is 9.59 Å². The molecule has 6 nitrogen and oxygen atoms in total. The molecule has 0 radical (unpaired) electrons. The van der Waals surface area contributed by atoms with Crippen molar-refractivity contribution in [1.29, 1.82) is 0 Å². The van der Waals surface area contributed by atoms with Crippen molar-refractivity contribution in [3.8, 4) is 0 Å². The molecule has 22 heavy (non-hydrogen) atoms. The summed E-state index contributed by atoms with van der Waals surface area (Å²) in [4.78, 5) is 23.1. The van der Waals surface area contributed by atoms with Gasteiger partial charge in [0, 0.05) is 18.5 Å². The van der Waals surface area contributed by atoms with Crippen molar-refractivity contribution < 1.29 is 19.1 Å². The van der Waals surface area contributed by atoms with Crippen LogP contribution in [0.5, 0.6) is 0 Å². The summed E-state index contributed by atoms with van der Waals surface area (Å²) in [6, 6.07) is -0.719. The number of hydrogen-bond donors (Lipinski definition) is 2. The van der Waals surface area contributed by atoms with Crippen LogP contribution in [0.15, 0.2) is 11.6 Å². The van der Waals surface area contributed by atoms with E-state index in [1.807, 2.05) is 13.8 Å². The van der Waals surface area contributed by atoms with E-state index in [1.54, 1.807) is 6.08 Å². The zero-order valence-corrected chi connectivity index (χ0v) is 14.4. The molecule has 1 aliphatic carbocycles. The van der Waals surface area contributed by atoms with Crippen molar-refractivity contribution in [2.24, 2.45) is 5.73 Å². The van der Waals surface area contributed by atoms with E-state index in [0.29, 0.717) is 12.0 Å². The Hall–Kier alpha value is -1.11. The van der Waals surface area contributed by atoms with Gasteiger partial charge < -0.3 is 20.5 Å². The third-order valence-corrected chi connectivity index (χ3v) is 3.71. The van der Waals surface area contributed by atoms with Gasteiger partial charge in [0.2, 0.25) is 5.91 Å². The molecule has 0 aromatic rings. The lowest BCUT2D eigenvalue weighted by atomic mass is 9.88. The van der Waals surface area contributed by atoms with Crippen molar-refractivity contribution in [2.45, 2.75) is 64.3 Å². The molecule has 3 N–H and O–H groups in total. The van der Waals surface area contributed by atoms with Crippen molar-refractivity contribution in [3.05, 3.63) is 11.6 Å². The van der Waals surface area contributed by atoms with Crippen LogP contribution >= 0.6 is 12.4 Å². The Morgan fingerprint density at radius 2 is 2.00 bits per heavy atom. The summed E-state index contributed by atoms with van der Waals surface area (Å²) in [7, 11) is 1.34. The van der Waals surface area contributed by atoms with Gasteiger partial charge >= 0.3 is 5.97 Å². The number of halogens is 1. The fraction of sp³-hybridized carbons (Fsp3) is 0.733. The van der Waals surface area contributed by atoms with Crippen LogP contribution in [-0.2, 0) is 19.1 Å². The maximum atomic E-state index is 11.7. The first kappa shape index (κ1) is 20.9. The summed E-state index contributed by atoms with van der Waals surface area (Å²) < 4.78 is 10.8. The molecule has 0 saturated heterocycles. The van der Waals surface area contributed by atoms with Gasteiger partial charge in [-0.05, 0) is 25.3 Å². The van der Waals surface area contributed by atoms with Gasteiger partial charge in [-0.3, -0.25) is 4.79 Å². The summed E-state index contributed by atoms with van der Waals surface area (Å²) in [5.41, 5.74) is 6.62. The van der Waals surface area contributed by atoms with Crippen LogP contribution in [0.25, 0.3) is 0 Å². The zero-order chi connectivity index (χ0) is 16.0. The number of rotatable bonds is 6. The maximum absolute atomic E-state index is 11.7. The molecule has 1 aliphatic rings. The average Bonchev–Trinajstić information content (AvgIpc) is 2.46. The van der Waals surface area contributed by atoms with Crippen LogP contribution in [0.2, 0.25) is 0 Å². The van der Waals surface area contributed by atoms with E-state index < -0.39 is 12.1 Å². The number of carbonyl (C=O) groups excluding carboxylic acids is 2. The summed E-state index contributed by atoms with van der Waals surface area (Å²) in [6.45, 7) is 5.52. The van der Waals surface area contributed by atoms with Crippen LogP contribution in [0.4, 0.5) is 0 Å². The molecule has 1 amide bonds. The molecule has 0 fully saturated rings. The fourth-order valence-corrected chi connectivity index (χ4v) is 2.53. The van der Waals surface area contributed by atoms with Gasteiger partial charge in [0.15, 0.2) is 0 Å². The minimum atomic E-state index is -0.420. The van der Waals surface area contributed by atoms with E-state index >= 15 is 0 Å².